The van der Waals surface area contributed by atoms with Gasteiger partial charge in [-0.3, -0.25) is 0 Å². The minimum absolute atomic E-state index is 0.211. The second-order valence-corrected chi connectivity index (χ2v) is 3.49. The van der Waals surface area contributed by atoms with Gasteiger partial charge in [0.25, 0.3) is 6.43 Å². The Balaban J connectivity index is 3.15. The summed E-state index contributed by atoms with van der Waals surface area (Å²) in [6.07, 6.45) is -0.210. The summed E-state index contributed by atoms with van der Waals surface area (Å²) in [4.78, 5) is 17.8. The van der Waals surface area contributed by atoms with Gasteiger partial charge in [-0.15, -0.1) is 0 Å². The first kappa shape index (κ1) is 11.8. The van der Waals surface area contributed by atoms with E-state index in [1.165, 1.54) is 11.8 Å². The highest BCUT2D eigenvalue weighted by Crippen LogP contribution is 2.21. The Bertz CT molecular complexity index is 374. The molecule has 0 aliphatic rings. The van der Waals surface area contributed by atoms with Crippen LogP contribution in [0.3, 0.4) is 0 Å². The second kappa shape index (κ2) is 5.01. The number of alkyl halides is 2. The smallest absolute Gasteiger partial charge is 0.339 e. The number of hydrogen-bond acceptors (Lipinski definition) is 4. The summed E-state index contributed by atoms with van der Waals surface area (Å²) >= 11 is 1.37. The van der Waals surface area contributed by atoms with Gasteiger partial charge in [0.1, 0.15) is 17.1 Å². The Morgan fingerprint density at radius 1 is 1.67 bits per heavy atom. The first-order chi connectivity index (χ1) is 7.06. The van der Waals surface area contributed by atoms with Gasteiger partial charge < -0.3 is 5.11 Å². The van der Waals surface area contributed by atoms with E-state index < -0.39 is 23.7 Å². The molecule has 1 aromatic rings. The summed E-state index contributed by atoms with van der Waals surface area (Å²) in [5.74, 6) is -0.858. The molecule has 0 saturated carbocycles. The van der Waals surface area contributed by atoms with Crippen LogP contribution < -0.4 is 0 Å². The van der Waals surface area contributed by atoms with Crippen molar-refractivity contribution in [2.24, 2.45) is 0 Å². The average Bonchev–Trinajstić information content (AvgIpc) is 2.17. The van der Waals surface area contributed by atoms with Gasteiger partial charge in [0.05, 0.1) is 5.75 Å². The Hall–Kier alpha value is -1.24. The van der Waals surface area contributed by atoms with Crippen molar-refractivity contribution in [1.82, 2.24) is 9.97 Å². The quantitative estimate of drug-likeness (QED) is 0.862. The molecule has 1 rings (SSSR count). The van der Waals surface area contributed by atoms with Crippen LogP contribution in [0.15, 0.2) is 6.20 Å². The van der Waals surface area contributed by atoms with E-state index in [0.717, 1.165) is 6.20 Å². The molecule has 7 heteroatoms. The van der Waals surface area contributed by atoms with Crippen LogP contribution in [0.2, 0.25) is 0 Å². The number of carboxylic acids is 1. The SMILES string of the molecule is CSCc1ncc(C(=O)O)c(C(F)F)n1. The van der Waals surface area contributed by atoms with Crippen molar-refractivity contribution in [2.75, 3.05) is 6.26 Å². The maximum absolute atomic E-state index is 12.4. The fraction of sp³-hybridized carbons (Fsp3) is 0.375. The van der Waals surface area contributed by atoms with E-state index in [-0.39, 0.29) is 5.82 Å². The summed E-state index contributed by atoms with van der Waals surface area (Å²) in [5, 5.41) is 8.62. The van der Waals surface area contributed by atoms with Crippen LogP contribution in [0.4, 0.5) is 8.78 Å². The Morgan fingerprint density at radius 3 is 2.80 bits per heavy atom. The van der Waals surface area contributed by atoms with Gasteiger partial charge in [0, 0.05) is 6.20 Å². The molecule has 0 radical (unpaired) electrons. The van der Waals surface area contributed by atoms with E-state index in [1.807, 2.05) is 0 Å². The molecule has 4 nitrogen and oxygen atoms in total. The molecule has 1 N–H and O–H groups in total. The third-order valence-electron chi connectivity index (χ3n) is 1.58. The van der Waals surface area contributed by atoms with Crippen molar-refractivity contribution in [2.45, 2.75) is 12.2 Å². The maximum Gasteiger partial charge on any atom is 0.339 e. The first-order valence-corrected chi connectivity index (χ1v) is 5.31. The molecule has 0 fully saturated rings. The van der Waals surface area contributed by atoms with E-state index in [0.29, 0.717) is 5.75 Å². The standard InChI is InChI=1S/C8H8F2N2O2S/c1-15-3-5-11-2-4(8(13)14)6(12-5)7(9)10/h2,7H,3H2,1H3,(H,13,14). The lowest BCUT2D eigenvalue weighted by Gasteiger charge is -2.05. The largest absolute Gasteiger partial charge is 0.478 e. The van der Waals surface area contributed by atoms with E-state index in [1.54, 1.807) is 6.26 Å². The van der Waals surface area contributed by atoms with Gasteiger partial charge in [-0.05, 0) is 6.26 Å². The molecule has 0 spiro atoms. The summed E-state index contributed by atoms with van der Waals surface area (Å²) in [7, 11) is 0. The molecule has 0 aromatic carbocycles. The fourth-order valence-electron chi connectivity index (χ4n) is 0.963. The van der Waals surface area contributed by atoms with Gasteiger partial charge in [-0.2, -0.15) is 11.8 Å². The number of aromatic carboxylic acids is 1. The lowest BCUT2D eigenvalue weighted by atomic mass is 10.2. The monoisotopic (exact) mass is 234 g/mol. The van der Waals surface area contributed by atoms with E-state index in [2.05, 4.69) is 9.97 Å². The second-order valence-electron chi connectivity index (χ2n) is 2.62. The Kier molecular flexibility index (Phi) is 3.96. The minimum atomic E-state index is -2.90. The van der Waals surface area contributed by atoms with E-state index in [9.17, 15) is 13.6 Å². The molecule has 0 atom stereocenters. The van der Waals surface area contributed by atoms with E-state index in [4.69, 9.17) is 5.11 Å². The van der Waals surface area contributed by atoms with Crippen LogP contribution in [-0.2, 0) is 5.75 Å². The Labute approximate surface area is 88.7 Å². The van der Waals surface area contributed by atoms with Crippen LogP contribution in [0.25, 0.3) is 0 Å². The van der Waals surface area contributed by atoms with Crippen molar-refractivity contribution in [1.29, 1.82) is 0 Å². The van der Waals surface area contributed by atoms with Crippen molar-refractivity contribution >= 4 is 17.7 Å². The molecule has 0 bridgehead atoms. The molecule has 0 saturated heterocycles. The molecule has 1 heterocycles. The number of rotatable bonds is 4. The normalized spacial score (nSPS) is 10.7. The zero-order chi connectivity index (χ0) is 11.4. The molecular weight excluding hydrogens is 226 g/mol. The van der Waals surface area contributed by atoms with Gasteiger partial charge in [0.2, 0.25) is 0 Å². The van der Waals surface area contributed by atoms with E-state index >= 15 is 0 Å². The molecule has 82 valence electrons. The van der Waals surface area contributed by atoms with Crippen LogP contribution in [0.5, 0.6) is 0 Å². The highest BCUT2D eigenvalue weighted by Gasteiger charge is 2.20. The maximum atomic E-state index is 12.4. The van der Waals surface area contributed by atoms with Gasteiger partial charge in [-0.25, -0.2) is 23.5 Å². The molecule has 0 aliphatic heterocycles. The van der Waals surface area contributed by atoms with Crippen molar-refractivity contribution < 1.29 is 18.7 Å². The summed E-state index contributed by atoms with van der Waals surface area (Å²) in [6, 6.07) is 0. The molecule has 1 aromatic heterocycles. The summed E-state index contributed by atoms with van der Waals surface area (Å²) < 4.78 is 24.9. The number of nitrogens with zero attached hydrogens (tertiary/aromatic N) is 2. The van der Waals surface area contributed by atoms with Gasteiger partial charge in [0.15, 0.2) is 0 Å². The topological polar surface area (TPSA) is 63.1 Å². The lowest BCUT2D eigenvalue weighted by molar-refractivity contribution is 0.0681. The summed E-state index contributed by atoms with van der Waals surface area (Å²) in [6.45, 7) is 0. The van der Waals surface area contributed by atoms with Crippen molar-refractivity contribution in [3.8, 4) is 0 Å². The van der Waals surface area contributed by atoms with Crippen LogP contribution in [0.1, 0.15) is 28.3 Å². The number of halogens is 2. The van der Waals surface area contributed by atoms with Crippen LogP contribution in [-0.4, -0.2) is 27.3 Å². The number of aromatic nitrogens is 2. The van der Waals surface area contributed by atoms with Gasteiger partial charge >= 0.3 is 5.97 Å². The van der Waals surface area contributed by atoms with Crippen molar-refractivity contribution in [3.05, 3.63) is 23.3 Å². The average molecular weight is 234 g/mol. The highest BCUT2D eigenvalue weighted by atomic mass is 32.2. The molecule has 15 heavy (non-hydrogen) atoms. The molecular formula is C8H8F2N2O2S. The number of thioether (sulfide) groups is 1. The zero-order valence-corrected chi connectivity index (χ0v) is 8.59. The number of hydrogen-bond donors (Lipinski definition) is 1. The lowest BCUT2D eigenvalue weighted by Crippen LogP contribution is -2.09. The first-order valence-electron chi connectivity index (χ1n) is 3.92. The number of carbonyl (C=O) groups is 1. The third-order valence-corrected chi connectivity index (χ3v) is 2.13. The zero-order valence-electron chi connectivity index (χ0n) is 7.78. The van der Waals surface area contributed by atoms with Gasteiger partial charge in [-0.1, -0.05) is 0 Å². The highest BCUT2D eigenvalue weighted by molar-refractivity contribution is 7.97. The third kappa shape index (κ3) is 2.85. The Morgan fingerprint density at radius 2 is 2.33 bits per heavy atom. The molecule has 0 amide bonds. The van der Waals surface area contributed by atoms with Crippen molar-refractivity contribution in [3.63, 3.8) is 0 Å². The number of carboxylic acid groups (broad SMARTS) is 1. The predicted octanol–water partition coefficient (Wildman–Crippen LogP) is 1.98. The van der Waals surface area contributed by atoms with Crippen LogP contribution >= 0.6 is 11.8 Å². The molecule has 0 unspecified atom stereocenters. The summed E-state index contributed by atoms with van der Waals surface area (Å²) in [5.41, 5.74) is -1.27. The van der Waals surface area contributed by atoms with Crippen LogP contribution in [0, 0.1) is 0 Å². The molecule has 0 aliphatic carbocycles. The minimum Gasteiger partial charge on any atom is -0.478 e. The fourth-order valence-corrected chi connectivity index (χ4v) is 1.36. The predicted molar refractivity (Wildman–Crippen MR) is 51.2 cm³/mol.